The largest absolute Gasteiger partial charge is 0.492 e. The van der Waals surface area contributed by atoms with Gasteiger partial charge in [-0.1, -0.05) is 43.1 Å². The topological polar surface area (TPSA) is 50.4 Å². The smallest absolute Gasteiger partial charge is 0.224 e. The summed E-state index contributed by atoms with van der Waals surface area (Å²) in [5.41, 5.74) is 2.51. The van der Waals surface area contributed by atoms with Gasteiger partial charge in [0, 0.05) is 34.9 Å². The Morgan fingerprint density at radius 1 is 1.15 bits per heavy atom. The third kappa shape index (κ3) is 6.11. The zero-order chi connectivity index (χ0) is 19.1. The number of nitrogens with one attached hydrogen (secondary N) is 2. The SMILES string of the molecule is CCOc1c(Cl)cc(Cl)cc1CNc1cccc(NC(=O)CC(C)C)c1. The van der Waals surface area contributed by atoms with Gasteiger partial charge in [0.1, 0.15) is 5.75 Å². The van der Waals surface area contributed by atoms with Crippen LogP contribution in [0.3, 0.4) is 0 Å². The van der Waals surface area contributed by atoms with Gasteiger partial charge in [0.15, 0.2) is 0 Å². The molecule has 0 radical (unpaired) electrons. The van der Waals surface area contributed by atoms with E-state index in [0.717, 1.165) is 16.9 Å². The second kappa shape index (κ2) is 9.70. The molecular weight excluding hydrogens is 371 g/mol. The van der Waals surface area contributed by atoms with Crippen LogP contribution in [0.1, 0.15) is 32.8 Å². The van der Waals surface area contributed by atoms with Crippen LogP contribution in [0.5, 0.6) is 5.75 Å². The maximum atomic E-state index is 11.9. The van der Waals surface area contributed by atoms with Crippen LogP contribution < -0.4 is 15.4 Å². The number of benzene rings is 2. The molecule has 0 aliphatic heterocycles. The fourth-order valence-corrected chi connectivity index (χ4v) is 3.13. The first kappa shape index (κ1) is 20.4. The Morgan fingerprint density at radius 2 is 1.88 bits per heavy atom. The molecule has 4 nitrogen and oxygen atoms in total. The molecule has 2 N–H and O–H groups in total. The molecule has 6 heteroatoms. The molecule has 140 valence electrons. The van der Waals surface area contributed by atoms with Crippen molar-refractivity contribution in [1.82, 2.24) is 0 Å². The van der Waals surface area contributed by atoms with Crippen molar-refractivity contribution in [2.75, 3.05) is 17.2 Å². The van der Waals surface area contributed by atoms with E-state index < -0.39 is 0 Å². The summed E-state index contributed by atoms with van der Waals surface area (Å²) in [6, 6.07) is 11.1. The molecular formula is C20H24Cl2N2O2. The second-order valence-corrected chi connectivity index (χ2v) is 7.23. The van der Waals surface area contributed by atoms with Gasteiger partial charge in [0.2, 0.25) is 5.91 Å². The Bertz CT molecular complexity index is 763. The van der Waals surface area contributed by atoms with E-state index in [-0.39, 0.29) is 5.91 Å². The molecule has 0 aliphatic rings. The Labute approximate surface area is 164 Å². The van der Waals surface area contributed by atoms with Crippen LogP contribution in [0, 0.1) is 5.92 Å². The molecule has 0 atom stereocenters. The number of amides is 1. The molecule has 0 unspecified atom stereocenters. The number of rotatable bonds is 8. The first-order valence-electron chi connectivity index (χ1n) is 8.63. The summed E-state index contributed by atoms with van der Waals surface area (Å²) in [6.07, 6.45) is 0.496. The molecule has 1 amide bonds. The molecule has 0 aromatic heterocycles. The molecule has 2 rings (SSSR count). The third-order valence-corrected chi connectivity index (χ3v) is 4.10. The quantitative estimate of drug-likeness (QED) is 0.577. The van der Waals surface area contributed by atoms with E-state index >= 15 is 0 Å². The van der Waals surface area contributed by atoms with E-state index in [1.807, 2.05) is 51.1 Å². The van der Waals surface area contributed by atoms with E-state index in [0.29, 0.717) is 41.3 Å². The van der Waals surface area contributed by atoms with Gasteiger partial charge in [-0.05, 0) is 43.2 Å². The maximum absolute atomic E-state index is 11.9. The highest BCUT2D eigenvalue weighted by atomic mass is 35.5. The van der Waals surface area contributed by atoms with Gasteiger partial charge >= 0.3 is 0 Å². The van der Waals surface area contributed by atoms with Crippen LogP contribution in [0.4, 0.5) is 11.4 Å². The van der Waals surface area contributed by atoms with Crippen LogP contribution in [-0.2, 0) is 11.3 Å². The van der Waals surface area contributed by atoms with Crippen molar-refractivity contribution in [2.24, 2.45) is 5.92 Å². The standard InChI is InChI=1S/C20H24Cl2N2O2/c1-4-26-20-14(9-15(21)10-18(20)22)12-23-16-6-5-7-17(11-16)24-19(25)8-13(2)3/h5-7,9-11,13,23H,4,8,12H2,1-3H3,(H,24,25). The number of ether oxygens (including phenoxy) is 1. The molecule has 2 aromatic rings. The van der Waals surface area contributed by atoms with Crippen molar-refractivity contribution in [3.8, 4) is 5.75 Å². The van der Waals surface area contributed by atoms with Crippen LogP contribution in [0.25, 0.3) is 0 Å². The van der Waals surface area contributed by atoms with Crippen molar-refractivity contribution < 1.29 is 9.53 Å². The van der Waals surface area contributed by atoms with Crippen molar-refractivity contribution in [3.63, 3.8) is 0 Å². The number of hydrogen-bond acceptors (Lipinski definition) is 3. The van der Waals surface area contributed by atoms with Crippen LogP contribution in [0.2, 0.25) is 10.0 Å². The summed E-state index contributed by atoms with van der Waals surface area (Å²) < 4.78 is 5.64. The molecule has 0 fully saturated rings. The molecule has 2 aromatic carbocycles. The van der Waals surface area contributed by atoms with Crippen LogP contribution >= 0.6 is 23.2 Å². The minimum Gasteiger partial charge on any atom is -0.492 e. The lowest BCUT2D eigenvalue weighted by atomic mass is 10.1. The maximum Gasteiger partial charge on any atom is 0.224 e. The Balaban J connectivity index is 2.08. The number of hydrogen-bond donors (Lipinski definition) is 2. The monoisotopic (exact) mass is 394 g/mol. The summed E-state index contributed by atoms with van der Waals surface area (Å²) in [5, 5.41) is 7.29. The molecule has 26 heavy (non-hydrogen) atoms. The highest BCUT2D eigenvalue weighted by molar-refractivity contribution is 6.35. The summed E-state index contributed by atoms with van der Waals surface area (Å²) in [7, 11) is 0. The van der Waals surface area contributed by atoms with Gasteiger partial charge < -0.3 is 15.4 Å². The van der Waals surface area contributed by atoms with Crippen LogP contribution in [0.15, 0.2) is 36.4 Å². The molecule has 0 bridgehead atoms. The highest BCUT2D eigenvalue weighted by Gasteiger charge is 2.11. The minimum atomic E-state index is 0.0115. The second-order valence-electron chi connectivity index (χ2n) is 6.39. The average Bonchev–Trinajstić information content (AvgIpc) is 2.55. The average molecular weight is 395 g/mol. The Hall–Kier alpha value is -1.91. The van der Waals surface area contributed by atoms with Gasteiger partial charge in [-0.25, -0.2) is 0 Å². The molecule has 0 saturated carbocycles. The van der Waals surface area contributed by atoms with Crippen molar-refractivity contribution >= 4 is 40.5 Å². The molecule has 0 spiro atoms. The number of halogens is 2. The van der Waals surface area contributed by atoms with E-state index in [4.69, 9.17) is 27.9 Å². The zero-order valence-corrected chi connectivity index (χ0v) is 16.7. The lowest BCUT2D eigenvalue weighted by Crippen LogP contribution is -2.14. The Kier molecular flexibility index (Phi) is 7.61. The first-order chi connectivity index (χ1) is 12.4. The number of carbonyl (C=O) groups is 1. The Morgan fingerprint density at radius 3 is 2.58 bits per heavy atom. The van der Waals surface area contributed by atoms with Crippen molar-refractivity contribution in [2.45, 2.75) is 33.7 Å². The summed E-state index contributed by atoms with van der Waals surface area (Å²) in [5.74, 6) is 0.964. The fourth-order valence-electron chi connectivity index (χ4n) is 2.54. The minimum absolute atomic E-state index is 0.0115. The van der Waals surface area contributed by atoms with Gasteiger partial charge in [-0.15, -0.1) is 0 Å². The predicted molar refractivity (Wildman–Crippen MR) is 109 cm³/mol. The normalized spacial score (nSPS) is 10.7. The first-order valence-corrected chi connectivity index (χ1v) is 9.39. The third-order valence-electron chi connectivity index (χ3n) is 3.60. The summed E-state index contributed by atoms with van der Waals surface area (Å²) >= 11 is 12.3. The van der Waals surface area contributed by atoms with E-state index in [9.17, 15) is 4.79 Å². The lowest BCUT2D eigenvalue weighted by Gasteiger charge is -2.15. The summed E-state index contributed by atoms with van der Waals surface area (Å²) in [4.78, 5) is 11.9. The molecule has 0 heterocycles. The predicted octanol–water partition coefficient (Wildman–Crippen LogP) is 5.99. The molecule has 0 aliphatic carbocycles. The number of anilines is 2. The fraction of sp³-hybridized carbons (Fsp3) is 0.350. The van der Waals surface area contributed by atoms with Gasteiger partial charge in [0.25, 0.3) is 0 Å². The van der Waals surface area contributed by atoms with Crippen molar-refractivity contribution in [1.29, 1.82) is 0 Å². The highest BCUT2D eigenvalue weighted by Crippen LogP contribution is 2.33. The molecule has 0 saturated heterocycles. The number of carbonyl (C=O) groups excluding carboxylic acids is 1. The summed E-state index contributed by atoms with van der Waals surface area (Å²) in [6.45, 7) is 6.96. The van der Waals surface area contributed by atoms with E-state index in [2.05, 4.69) is 10.6 Å². The van der Waals surface area contributed by atoms with E-state index in [1.165, 1.54) is 0 Å². The zero-order valence-electron chi connectivity index (χ0n) is 15.2. The van der Waals surface area contributed by atoms with Gasteiger partial charge in [-0.2, -0.15) is 0 Å². The van der Waals surface area contributed by atoms with Gasteiger partial charge in [0.05, 0.1) is 11.6 Å². The van der Waals surface area contributed by atoms with E-state index in [1.54, 1.807) is 6.07 Å². The van der Waals surface area contributed by atoms with Crippen molar-refractivity contribution in [3.05, 3.63) is 52.0 Å². The lowest BCUT2D eigenvalue weighted by molar-refractivity contribution is -0.116. The van der Waals surface area contributed by atoms with Crippen LogP contribution in [-0.4, -0.2) is 12.5 Å². The van der Waals surface area contributed by atoms with Gasteiger partial charge in [-0.3, -0.25) is 4.79 Å².